The molecule has 0 aliphatic rings. The summed E-state index contributed by atoms with van der Waals surface area (Å²) in [6.45, 7) is -4.35. The molecule has 0 atom stereocenters. The first-order valence-electron chi connectivity index (χ1n) is 5.87. The number of rotatable bonds is 4. The van der Waals surface area contributed by atoms with Crippen LogP contribution in [0.3, 0.4) is 0 Å². The first-order chi connectivity index (χ1) is 7.63. The lowest BCUT2D eigenvalue weighted by Gasteiger charge is -2.05. The summed E-state index contributed by atoms with van der Waals surface area (Å²) < 4.78 is 79.5. The Labute approximate surface area is 75.4 Å². The van der Waals surface area contributed by atoms with Crippen molar-refractivity contribution >= 4 is 16.0 Å². The van der Waals surface area contributed by atoms with Crippen molar-refractivity contribution in [3.05, 3.63) is 0 Å². The maximum Gasteiger partial charge on any atom is 0.216 e. The minimum atomic E-state index is -5.63. The second-order valence-corrected chi connectivity index (χ2v) is 2.53. The van der Waals surface area contributed by atoms with Crippen molar-refractivity contribution in [2.75, 3.05) is 12.2 Å². The Morgan fingerprint density at radius 3 is 2.91 bits per heavy atom. The van der Waals surface area contributed by atoms with Crippen molar-refractivity contribution in [3.63, 3.8) is 0 Å². The molecule has 0 aromatic heterocycles. The van der Waals surface area contributed by atoms with E-state index in [1.165, 1.54) is 5.32 Å². The number of amides is 1. The van der Waals surface area contributed by atoms with Gasteiger partial charge in [0.15, 0.2) is 0 Å². The highest BCUT2D eigenvalue weighted by Crippen LogP contribution is 1.85. The van der Waals surface area contributed by atoms with E-state index in [2.05, 4.69) is 0 Å². The smallest absolute Gasteiger partial charge is 0.216 e. The Morgan fingerprint density at radius 1 is 1.82 bits per heavy atom. The molecular weight excluding hydrogens is 170 g/mol. The van der Waals surface area contributed by atoms with Crippen LogP contribution < -0.4 is 5.32 Å². The molecule has 0 rings (SSSR count). The predicted octanol–water partition coefficient (Wildman–Crippen LogP) is -0.942. The molecule has 0 saturated heterocycles. The summed E-state index contributed by atoms with van der Waals surface area (Å²) in [4.78, 5) is 10.9. The van der Waals surface area contributed by atoms with Crippen LogP contribution in [0.4, 0.5) is 0 Å². The van der Waals surface area contributed by atoms with Gasteiger partial charge >= 0.3 is 0 Å². The lowest BCUT2D eigenvalue weighted by Crippen LogP contribution is -2.22. The van der Waals surface area contributed by atoms with E-state index in [-0.39, 0.29) is 0 Å². The predicted molar refractivity (Wildman–Crippen MR) is 37.9 cm³/mol. The number of carbonyl (C=O) groups is 1. The number of hydrogen-bond acceptors (Lipinski definition) is 4. The third-order valence-electron chi connectivity index (χ3n) is 0.535. The fourth-order valence-electron chi connectivity index (χ4n) is 0.249. The third-order valence-corrected chi connectivity index (χ3v) is 0.929. The number of carbonyl (C=O) groups excluding carboxylic acids is 1. The molecule has 6 heteroatoms. The quantitative estimate of drug-likeness (QED) is 0.575. The Hall–Kier alpha value is -0.620. The van der Waals surface area contributed by atoms with Gasteiger partial charge in [-0.3, -0.25) is 4.79 Å². The second kappa shape index (κ2) is 4.30. The van der Waals surface area contributed by atoms with Crippen molar-refractivity contribution < 1.29 is 27.4 Å². The van der Waals surface area contributed by atoms with Gasteiger partial charge in [0, 0.05) is 28.7 Å². The Balaban J connectivity index is 4.95. The first-order valence-corrected chi connectivity index (χ1v) is 3.77. The maximum atomic E-state index is 10.9. The lowest BCUT2D eigenvalue weighted by atomic mass is 10.5. The summed E-state index contributed by atoms with van der Waals surface area (Å²) in [7, 11) is -5.63. The minimum absolute atomic E-state index is 1.27. The molecule has 0 heterocycles. The standard InChI is InChI=1S/C5H11NO4S/c1-5(7)6-3-2-4-11(8,9)10/h2-4H2,1H3,(H,6,7)(H,8,9,10)/p-1/i1D3,2D2,4D2. The van der Waals surface area contributed by atoms with Gasteiger partial charge in [-0.05, 0) is 6.37 Å². The van der Waals surface area contributed by atoms with Crippen molar-refractivity contribution in [1.29, 1.82) is 0 Å². The van der Waals surface area contributed by atoms with Gasteiger partial charge in [-0.15, -0.1) is 0 Å². The summed E-state index contributed by atoms with van der Waals surface area (Å²) >= 11 is 0. The van der Waals surface area contributed by atoms with Crippen LogP contribution in [-0.4, -0.2) is 31.1 Å². The monoisotopic (exact) mass is 187 g/mol. The maximum absolute atomic E-state index is 10.9. The van der Waals surface area contributed by atoms with Gasteiger partial charge in [0.25, 0.3) is 0 Å². The van der Waals surface area contributed by atoms with Crippen molar-refractivity contribution in [1.82, 2.24) is 5.32 Å². The van der Waals surface area contributed by atoms with E-state index in [0.29, 0.717) is 0 Å². The van der Waals surface area contributed by atoms with Crippen LogP contribution in [0.5, 0.6) is 0 Å². The fraction of sp³-hybridized carbons (Fsp3) is 0.800. The van der Waals surface area contributed by atoms with Crippen LogP contribution in [0.15, 0.2) is 0 Å². The Morgan fingerprint density at radius 2 is 2.45 bits per heavy atom. The van der Waals surface area contributed by atoms with E-state index < -0.39 is 41.5 Å². The zero-order valence-electron chi connectivity index (χ0n) is 12.2. The van der Waals surface area contributed by atoms with Crippen LogP contribution >= 0.6 is 0 Å². The SMILES string of the molecule is [2H]C([2H])([2H])C(=O)NCC([2H])([2H])C([2H])([2H])S(=O)(=O)[O-]. The molecule has 0 aliphatic heterocycles. The fourth-order valence-corrected chi connectivity index (χ4v) is 0.498. The van der Waals surface area contributed by atoms with Crippen LogP contribution in [0, 0.1) is 0 Å². The molecule has 0 aromatic rings. The van der Waals surface area contributed by atoms with Gasteiger partial charge in [-0.25, -0.2) is 8.42 Å². The van der Waals surface area contributed by atoms with E-state index in [1.54, 1.807) is 0 Å². The average Bonchev–Trinajstić information content (AvgIpc) is 2.10. The van der Waals surface area contributed by atoms with Crippen LogP contribution in [0.1, 0.15) is 22.8 Å². The lowest BCUT2D eigenvalue weighted by molar-refractivity contribution is -0.118. The second-order valence-electron chi connectivity index (χ2n) is 1.42. The van der Waals surface area contributed by atoms with Gasteiger partial charge in [0.2, 0.25) is 5.91 Å². The first kappa shape index (κ1) is 3.40. The molecule has 1 amide bonds. The van der Waals surface area contributed by atoms with E-state index >= 15 is 0 Å². The van der Waals surface area contributed by atoms with Gasteiger partial charge in [0.1, 0.15) is 0 Å². The molecule has 0 aromatic carbocycles. The molecule has 1 N–H and O–H groups in total. The summed E-state index contributed by atoms with van der Waals surface area (Å²) in [6.07, 6.45) is -3.27. The van der Waals surface area contributed by atoms with Crippen LogP contribution in [0.2, 0.25) is 0 Å². The van der Waals surface area contributed by atoms with Crippen LogP contribution in [-0.2, 0) is 14.9 Å². The topological polar surface area (TPSA) is 86.3 Å². The highest BCUT2D eigenvalue weighted by molar-refractivity contribution is 7.85. The molecule has 5 nitrogen and oxygen atoms in total. The molecule has 0 spiro atoms. The largest absolute Gasteiger partial charge is 0.748 e. The summed E-state index contributed by atoms with van der Waals surface area (Å²) in [6, 6.07) is 0. The molecule has 0 aliphatic carbocycles. The van der Waals surface area contributed by atoms with Gasteiger partial charge < -0.3 is 9.87 Å². The average molecular weight is 187 g/mol. The van der Waals surface area contributed by atoms with Crippen molar-refractivity contribution in [2.24, 2.45) is 0 Å². The van der Waals surface area contributed by atoms with Gasteiger partial charge in [-0.1, -0.05) is 0 Å². The molecule has 0 fully saturated rings. The van der Waals surface area contributed by atoms with Crippen molar-refractivity contribution in [3.8, 4) is 0 Å². The normalized spacial score (nSPS) is 24.3. The molecule has 0 bridgehead atoms. The zero-order chi connectivity index (χ0) is 15.0. The molecule has 0 unspecified atom stereocenters. The molecule has 0 saturated carbocycles. The van der Waals surface area contributed by atoms with E-state index in [0.717, 1.165) is 0 Å². The van der Waals surface area contributed by atoms with Crippen LogP contribution in [0.25, 0.3) is 0 Å². The Kier molecular flexibility index (Phi) is 1.33. The molecule has 0 radical (unpaired) electrons. The molecular formula is C5H10NO4S-. The van der Waals surface area contributed by atoms with E-state index in [4.69, 9.17) is 9.60 Å². The highest BCUT2D eigenvalue weighted by Gasteiger charge is 1.95. The van der Waals surface area contributed by atoms with E-state index in [1.807, 2.05) is 0 Å². The van der Waals surface area contributed by atoms with Crippen molar-refractivity contribution in [2.45, 2.75) is 13.2 Å². The summed E-state index contributed by atoms with van der Waals surface area (Å²) in [5.41, 5.74) is -3.80. The van der Waals surface area contributed by atoms with Gasteiger partial charge in [-0.2, -0.15) is 0 Å². The van der Waals surface area contributed by atoms with Gasteiger partial charge in [0.05, 0.1) is 10.1 Å². The molecule has 66 valence electrons. The minimum Gasteiger partial charge on any atom is -0.748 e. The molecule has 11 heavy (non-hydrogen) atoms. The summed E-state index contributed by atoms with van der Waals surface area (Å²) in [5.74, 6) is -1.58. The zero-order valence-corrected chi connectivity index (χ0v) is 6.06. The Bertz CT molecular complexity index is 428. The highest BCUT2D eigenvalue weighted by atomic mass is 32.2. The van der Waals surface area contributed by atoms with E-state index in [9.17, 15) is 17.8 Å². The third kappa shape index (κ3) is 9.38. The summed E-state index contributed by atoms with van der Waals surface area (Å²) in [5, 5.41) is 1.52. The number of hydrogen-bond donors (Lipinski definition) is 1. The number of nitrogens with one attached hydrogen (secondary N) is 1.